The number of nitrogens with one attached hydrogen (secondary N) is 2. The van der Waals surface area contributed by atoms with E-state index in [1.807, 2.05) is 0 Å². The zero-order valence-electron chi connectivity index (χ0n) is 15.1. The smallest absolute Gasteiger partial charge is 0.337 e. The molecule has 2 aromatic rings. The molecular formula is C20H22ClN3O3. The molecule has 0 unspecified atom stereocenters. The molecule has 7 heteroatoms. The topological polar surface area (TPSA) is 80.3 Å². The van der Waals surface area contributed by atoms with Crippen molar-refractivity contribution in [3.8, 4) is 0 Å². The van der Waals surface area contributed by atoms with Crippen LogP contribution in [0.1, 0.15) is 42.5 Å². The van der Waals surface area contributed by atoms with Gasteiger partial charge in [0.15, 0.2) is 0 Å². The third-order valence-corrected chi connectivity index (χ3v) is 4.99. The number of esters is 1. The fraction of sp³-hybridized carbons (Fsp3) is 0.350. The Morgan fingerprint density at radius 1 is 1.15 bits per heavy atom. The number of amides is 1. The summed E-state index contributed by atoms with van der Waals surface area (Å²) in [5, 5.41) is 6.47. The molecule has 0 spiro atoms. The number of hydrogen-bond acceptors (Lipinski definition) is 5. The van der Waals surface area contributed by atoms with Gasteiger partial charge in [0.25, 0.3) is 0 Å². The van der Waals surface area contributed by atoms with E-state index in [4.69, 9.17) is 16.3 Å². The van der Waals surface area contributed by atoms with Crippen LogP contribution >= 0.6 is 11.6 Å². The number of nitrogens with zero attached hydrogens (tertiary/aromatic N) is 1. The van der Waals surface area contributed by atoms with Gasteiger partial charge in [-0.25, -0.2) is 9.78 Å². The number of pyridine rings is 1. The lowest BCUT2D eigenvalue weighted by atomic mass is 9.89. The summed E-state index contributed by atoms with van der Waals surface area (Å²) in [6, 6.07) is 8.38. The lowest BCUT2D eigenvalue weighted by Gasteiger charge is -2.20. The summed E-state index contributed by atoms with van der Waals surface area (Å²) < 4.78 is 4.72. The number of aromatic nitrogens is 1. The first-order chi connectivity index (χ1) is 13.1. The molecule has 0 aliphatic heterocycles. The highest BCUT2D eigenvalue weighted by Crippen LogP contribution is 2.28. The Balaban J connectivity index is 1.65. The van der Waals surface area contributed by atoms with Crippen LogP contribution in [0.3, 0.4) is 0 Å². The number of hydrogen-bond donors (Lipinski definition) is 2. The molecule has 1 aliphatic carbocycles. The Labute approximate surface area is 163 Å². The molecule has 1 saturated carbocycles. The van der Waals surface area contributed by atoms with Crippen molar-refractivity contribution < 1.29 is 14.3 Å². The van der Waals surface area contributed by atoms with Crippen molar-refractivity contribution >= 4 is 40.7 Å². The molecule has 27 heavy (non-hydrogen) atoms. The summed E-state index contributed by atoms with van der Waals surface area (Å²) >= 11 is 6.19. The van der Waals surface area contributed by atoms with E-state index in [2.05, 4.69) is 15.6 Å². The molecule has 142 valence electrons. The molecule has 0 atom stereocenters. The molecule has 1 aliphatic rings. The Hall–Kier alpha value is -2.60. The zero-order chi connectivity index (χ0) is 19.2. The summed E-state index contributed by atoms with van der Waals surface area (Å²) in [5.74, 6) is 0.203. The second-order valence-corrected chi connectivity index (χ2v) is 6.97. The van der Waals surface area contributed by atoms with E-state index in [-0.39, 0.29) is 11.8 Å². The van der Waals surface area contributed by atoms with Gasteiger partial charge in [-0.2, -0.15) is 0 Å². The van der Waals surface area contributed by atoms with Gasteiger partial charge in [-0.3, -0.25) is 4.79 Å². The van der Waals surface area contributed by atoms with Gasteiger partial charge in [0.1, 0.15) is 5.82 Å². The maximum atomic E-state index is 12.3. The van der Waals surface area contributed by atoms with Gasteiger partial charge in [-0.15, -0.1) is 0 Å². The van der Waals surface area contributed by atoms with E-state index in [0.29, 0.717) is 27.8 Å². The molecule has 0 radical (unpaired) electrons. The van der Waals surface area contributed by atoms with Crippen molar-refractivity contribution in [1.82, 2.24) is 4.98 Å². The van der Waals surface area contributed by atoms with E-state index >= 15 is 0 Å². The Morgan fingerprint density at radius 2 is 1.93 bits per heavy atom. The normalized spacial score (nSPS) is 14.4. The first-order valence-corrected chi connectivity index (χ1v) is 9.36. The molecule has 1 aromatic heterocycles. The molecular weight excluding hydrogens is 366 g/mol. The van der Waals surface area contributed by atoms with Crippen LogP contribution < -0.4 is 10.6 Å². The minimum absolute atomic E-state index is 0.0386. The first kappa shape index (κ1) is 19.2. The Kier molecular flexibility index (Phi) is 6.29. The average molecular weight is 388 g/mol. The van der Waals surface area contributed by atoms with Crippen molar-refractivity contribution in [3.63, 3.8) is 0 Å². The molecule has 1 aromatic carbocycles. The van der Waals surface area contributed by atoms with Crippen molar-refractivity contribution in [1.29, 1.82) is 0 Å². The summed E-state index contributed by atoms with van der Waals surface area (Å²) in [6.45, 7) is 0. The van der Waals surface area contributed by atoms with Crippen molar-refractivity contribution in [2.24, 2.45) is 5.92 Å². The van der Waals surface area contributed by atoms with Crippen LogP contribution in [-0.4, -0.2) is 24.0 Å². The predicted molar refractivity (Wildman–Crippen MR) is 106 cm³/mol. The van der Waals surface area contributed by atoms with E-state index in [0.717, 1.165) is 25.7 Å². The van der Waals surface area contributed by atoms with Crippen LogP contribution in [0.5, 0.6) is 0 Å². The standard InChI is InChI=1S/C20H22ClN3O3/c1-27-20(26)14-7-9-16(21)17(11-14)23-15-8-10-18(22-12-15)24-19(25)13-5-3-2-4-6-13/h7-13,23H,2-6H2,1H3,(H,22,24,25). The van der Waals surface area contributed by atoms with Crippen LogP contribution in [0.2, 0.25) is 5.02 Å². The molecule has 6 nitrogen and oxygen atoms in total. The number of ether oxygens (including phenoxy) is 1. The highest BCUT2D eigenvalue weighted by atomic mass is 35.5. The van der Waals surface area contributed by atoms with Crippen molar-refractivity contribution in [2.45, 2.75) is 32.1 Å². The fourth-order valence-electron chi connectivity index (χ4n) is 3.16. The maximum Gasteiger partial charge on any atom is 0.337 e. The minimum atomic E-state index is -0.436. The maximum absolute atomic E-state index is 12.3. The molecule has 1 amide bonds. The van der Waals surface area contributed by atoms with Gasteiger partial charge in [-0.05, 0) is 43.2 Å². The highest BCUT2D eigenvalue weighted by Gasteiger charge is 2.21. The number of benzene rings is 1. The van der Waals surface area contributed by atoms with Crippen LogP contribution in [-0.2, 0) is 9.53 Å². The van der Waals surface area contributed by atoms with Gasteiger partial charge in [0.05, 0.1) is 35.3 Å². The van der Waals surface area contributed by atoms with Crippen LogP contribution in [0.25, 0.3) is 0 Å². The number of rotatable bonds is 5. The fourth-order valence-corrected chi connectivity index (χ4v) is 3.32. The highest BCUT2D eigenvalue weighted by molar-refractivity contribution is 6.33. The lowest BCUT2D eigenvalue weighted by molar-refractivity contribution is -0.120. The van der Waals surface area contributed by atoms with E-state index < -0.39 is 5.97 Å². The van der Waals surface area contributed by atoms with E-state index in [1.54, 1.807) is 36.5 Å². The van der Waals surface area contributed by atoms with Crippen LogP contribution in [0.15, 0.2) is 36.5 Å². The number of anilines is 3. The summed E-state index contributed by atoms with van der Waals surface area (Å²) in [6.07, 6.45) is 6.93. The first-order valence-electron chi connectivity index (χ1n) is 8.98. The largest absolute Gasteiger partial charge is 0.465 e. The summed E-state index contributed by atoms with van der Waals surface area (Å²) in [5.41, 5.74) is 1.66. The van der Waals surface area contributed by atoms with E-state index in [1.165, 1.54) is 13.5 Å². The predicted octanol–water partition coefficient (Wildman–Crippen LogP) is 4.78. The van der Waals surface area contributed by atoms with Gasteiger partial charge >= 0.3 is 5.97 Å². The van der Waals surface area contributed by atoms with Crippen molar-refractivity contribution in [2.75, 3.05) is 17.7 Å². The van der Waals surface area contributed by atoms with E-state index in [9.17, 15) is 9.59 Å². The molecule has 1 heterocycles. The quantitative estimate of drug-likeness (QED) is 0.721. The molecule has 0 saturated heterocycles. The third kappa shape index (κ3) is 4.98. The SMILES string of the molecule is COC(=O)c1ccc(Cl)c(Nc2ccc(NC(=O)C3CCCCC3)nc2)c1. The van der Waals surface area contributed by atoms with Gasteiger partial charge in [-0.1, -0.05) is 30.9 Å². The molecule has 0 bridgehead atoms. The van der Waals surface area contributed by atoms with Crippen LogP contribution in [0, 0.1) is 5.92 Å². The molecule has 1 fully saturated rings. The Bertz CT molecular complexity index is 818. The second-order valence-electron chi connectivity index (χ2n) is 6.57. The number of methoxy groups -OCH3 is 1. The number of carbonyl (C=O) groups is 2. The number of carbonyl (C=O) groups excluding carboxylic acids is 2. The lowest BCUT2D eigenvalue weighted by Crippen LogP contribution is -2.25. The minimum Gasteiger partial charge on any atom is -0.465 e. The van der Waals surface area contributed by atoms with Crippen molar-refractivity contribution in [3.05, 3.63) is 47.1 Å². The zero-order valence-corrected chi connectivity index (χ0v) is 15.9. The van der Waals surface area contributed by atoms with Crippen LogP contribution in [0.4, 0.5) is 17.2 Å². The average Bonchev–Trinajstić information content (AvgIpc) is 2.71. The monoisotopic (exact) mass is 387 g/mol. The van der Waals surface area contributed by atoms with Gasteiger partial charge in [0, 0.05) is 5.92 Å². The summed E-state index contributed by atoms with van der Waals surface area (Å²) in [4.78, 5) is 28.2. The summed E-state index contributed by atoms with van der Waals surface area (Å²) in [7, 11) is 1.33. The molecule has 2 N–H and O–H groups in total. The number of halogens is 1. The third-order valence-electron chi connectivity index (χ3n) is 4.66. The molecule has 3 rings (SSSR count). The Morgan fingerprint density at radius 3 is 2.59 bits per heavy atom. The van der Waals surface area contributed by atoms with Gasteiger partial charge < -0.3 is 15.4 Å². The second kappa shape index (κ2) is 8.86. The van der Waals surface area contributed by atoms with Gasteiger partial charge in [0.2, 0.25) is 5.91 Å².